The lowest BCUT2D eigenvalue weighted by Crippen LogP contribution is -2.50. The van der Waals surface area contributed by atoms with E-state index in [0.717, 1.165) is 25.7 Å². The predicted octanol–water partition coefficient (Wildman–Crippen LogP) is 1.07. The average molecular weight is 298 g/mol. The Morgan fingerprint density at radius 2 is 2.14 bits per heavy atom. The summed E-state index contributed by atoms with van der Waals surface area (Å²) in [6, 6.07) is 0.0311. The van der Waals surface area contributed by atoms with Gasteiger partial charge in [0, 0.05) is 19.1 Å². The summed E-state index contributed by atoms with van der Waals surface area (Å²) in [4.78, 5) is 27.8. The summed E-state index contributed by atoms with van der Waals surface area (Å²) in [6.45, 7) is 4.79. The van der Waals surface area contributed by atoms with Gasteiger partial charge in [-0.25, -0.2) is 4.79 Å². The average Bonchev–Trinajstić information content (AvgIpc) is 2.97. The van der Waals surface area contributed by atoms with Gasteiger partial charge in [-0.1, -0.05) is 19.0 Å². The summed E-state index contributed by atoms with van der Waals surface area (Å²) in [5.41, 5.74) is -0.284. The molecule has 0 aromatic carbocycles. The van der Waals surface area contributed by atoms with Crippen molar-refractivity contribution in [1.82, 2.24) is 5.32 Å². The Balaban J connectivity index is 1.87. The van der Waals surface area contributed by atoms with Crippen molar-refractivity contribution in [2.45, 2.75) is 63.7 Å². The molecular formula is C14H22N2O5. The number of ether oxygens (including phenoxy) is 1. The van der Waals surface area contributed by atoms with E-state index < -0.39 is 12.1 Å². The quantitative estimate of drug-likeness (QED) is 0.791. The molecule has 0 aromatic heterocycles. The number of oxime groups is 1. The maximum atomic E-state index is 12.1. The van der Waals surface area contributed by atoms with Crippen LogP contribution in [-0.2, 0) is 19.2 Å². The molecule has 0 aromatic rings. The number of carbonyl (C=O) groups is 2. The van der Waals surface area contributed by atoms with Crippen LogP contribution in [0.5, 0.6) is 0 Å². The number of rotatable bonds is 5. The largest absolute Gasteiger partial charge is 0.477 e. The molecule has 0 spiro atoms. The molecule has 1 saturated heterocycles. The summed E-state index contributed by atoms with van der Waals surface area (Å²) < 4.78 is 5.87. The van der Waals surface area contributed by atoms with Crippen molar-refractivity contribution in [3.63, 3.8) is 0 Å². The van der Waals surface area contributed by atoms with Crippen LogP contribution < -0.4 is 5.32 Å². The van der Waals surface area contributed by atoms with Crippen molar-refractivity contribution >= 4 is 17.6 Å². The molecule has 7 heteroatoms. The van der Waals surface area contributed by atoms with Crippen molar-refractivity contribution in [1.29, 1.82) is 0 Å². The number of nitrogens with one attached hydrogen (secondary N) is 1. The molecule has 2 aliphatic rings. The van der Waals surface area contributed by atoms with E-state index in [1.807, 2.05) is 0 Å². The van der Waals surface area contributed by atoms with Crippen molar-refractivity contribution in [2.75, 3.05) is 6.61 Å². The first-order chi connectivity index (χ1) is 9.99. The zero-order valence-electron chi connectivity index (χ0n) is 12.4. The van der Waals surface area contributed by atoms with E-state index in [2.05, 4.69) is 24.3 Å². The van der Waals surface area contributed by atoms with Crippen LogP contribution >= 0.6 is 0 Å². The van der Waals surface area contributed by atoms with Crippen LogP contribution in [0, 0.1) is 0 Å². The van der Waals surface area contributed by atoms with E-state index in [1.54, 1.807) is 0 Å². The molecule has 7 nitrogen and oxygen atoms in total. The highest BCUT2D eigenvalue weighted by Crippen LogP contribution is 2.31. The lowest BCUT2D eigenvalue weighted by atomic mass is 9.86. The molecule has 0 radical (unpaired) electrons. The van der Waals surface area contributed by atoms with Crippen molar-refractivity contribution < 1.29 is 24.3 Å². The van der Waals surface area contributed by atoms with Crippen molar-refractivity contribution in [3.8, 4) is 0 Å². The number of carboxylic acid groups (broad SMARTS) is 1. The van der Waals surface area contributed by atoms with Crippen LogP contribution in [-0.4, -0.2) is 47.0 Å². The van der Waals surface area contributed by atoms with Gasteiger partial charge in [-0.15, -0.1) is 0 Å². The third-order valence-corrected chi connectivity index (χ3v) is 4.34. The van der Waals surface area contributed by atoms with E-state index in [9.17, 15) is 9.59 Å². The van der Waals surface area contributed by atoms with E-state index >= 15 is 0 Å². The monoisotopic (exact) mass is 298 g/mol. The van der Waals surface area contributed by atoms with Gasteiger partial charge < -0.3 is 20.0 Å². The SMILES string of the molecule is CCC1(CC)CC(NC(=O)C2CC(C(=O)O)=NO2)CCO1. The molecule has 0 saturated carbocycles. The standard InChI is InChI=1S/C14H22N2O5/c1-3-14(4-2)8-9(5-6-20-14)15-12(17)11-7-10(13(18)19)16-21-11/h9,11H,3-8H2,1-2H3,(H,15,17)(H,18,19). The fourth-order valence-corrected chi connectivity index (χ4v) is 2.83. The number of carboxylic acids is 1. The number of hydrogen-bond acceptors (Lipinski definition) is 5. The Morgan fingerprint density at radius 3 is 2.71 bits per heavy atom. The number of amides is 1. The van der Waals surface area contributed by atoms with Crippen LogP contribution in [0.4, 0.5) is 0 Å². The summed E-state index contributed by atoms with van der Waals surface area (Å²) >= 11 is 0. The van der Waals surface area contributed by atoms with Crippen molar-refractivity contribution in [2.24, 2.45) is 5.16 Å². The van der Waals surface area contributed by atoms with Crippen LogP contribution in [0.25, 0.3) is 0 Å². The lowest BCUT2D eigenvalue weighted by molar-refractivity contribution is -0.135. The molecule has 2 rings (SSSR count). The second-order valence-electron chi connectivity index (χ2n) is 5.58. The first kappa shape index (κ1) is 15.8. The minimum Gasteiger partial charge on any atom is -0.477 e. The minimum atomic E-state index is -1.15. The van der Waals surface area contributed by atoms with Gasteiger partial charge in [0.25, 0.3) is 5.91 Å². The summed E-state index contributed by atoms with van der Waals surface area (Å²) in [5, 5.41) is 15.2. The number of nitrogens with zero attached hydrogens (tertiary/aromatic N) is 1. The predicted molar refractivity (Wildman–Crippen MR) is 75.0 cm³/mol. The molecule has 2 heterocycles. The number of carbonyl (C=O) groups excluding carboxylic acids is 1. The fourth-order valence-electron chi connectivity index (χ4n) is 2.83. The third-order valence-electron chi connectivity index (χ3n) is 4.34. The summed E-state index contributed by atoms with van der Waals surface area (Å²) in [5.74, 6) is -1.45. The smallest absolute Gasteiger partial charge is 0.353 e. The number of hydrogen-bond donors (Lipinski definition) is 2. The molecule has 0 bridgehead atoms. The van der Waals surface area contributed by atoms with Gasteiger partial charge in [-0.2, -0.15) is 0 Å². The van der Waals surface area contributed by atoms with E-state index in [1.165, 1.54) is 0 Å². The summed E-state index contributed by atoms with van der Waals surface area (Å²) in [6.07, 6.45) is 2.51. The topological polar surface area (TPSA) is 97.2 Å². The second kappa shape index (κ2) is 6.43. The van der Waals surface area contributed by atoms with Gasteiger partial charge in [-0.3, -0.25) is 4.79 Å². The molecule has 2 N–H and O–H groups in total. The van der Waals surface area contributed by atoms with Gasteiger partial charge in [0.2, 0.25) is 6.10 Å². The maximum Gasteiger partial charge on any atom is 0.353 e. The Labute approximate surface area is 123 Å². The third kappa shape index (κ3) is 3.53. The van der Waals surface area contributed by atoms with Gasteiger partial charge >= 0.3 is 5.97 Å². The van der Waals surface area contributed by atoms with Crippen LogP contribution in [0.3, 0.4) is 0 Å². The Bertz CT molecular complexity index is 445. The van der Waals surface area contributed by atoms with Crippen LogP contribution in [0.2, 0.25) is 0 Å². The van der Waals surface area contributed by atoms with E-state index in [-0.39, 0.29) is 29.7 Å². The Morgan fingerprint density at radius 1 is 1.43 bits per heavy atom. The molecule has 2 aliphatic heterocycles. The first-order valence-corrected chi connectivity index (χ1v) is 7.40. The fraction of sp³-hybridized carbons (Fsp3) is 0.786. The summed E-state index contributed by atoms with van der Waals surface area (Å²) in [7, 11) is 0. The van der Waals surface area contributed by atoms with Gasteiger partial charge in [-0.05, 0) is 25.7 Å². The minimum absolute atomic E-state index is 0.0110. The highest BCUT2D eigenvalue weighted by atomic mass is 16.6. The molecule has 2 atom stereocenters. The Hall–Kier alpha value is -1.63. The second-order valence-corrected chi connectivity index (χ2v) is 5.58. The first-order valence-electron chi connectivity index (χ1n) is 7.40. The van der Waals surface area contributed by atoms with Crippen LogP contribution in [0.1, 0.15) is 46.0 Å². The zero-order valence-corrected chi connectivity index (χ0v) is 12.4. The van der Waals surface area contributed by atoms with Gasteiger partial charge in [0.15, 0.2) is 5.71 Å². The lowest BCUT2D eigenvalue weighted by Gasteiger charge is -2.40. The highest BCUT2D eigenvalue weighted by Gasteiger charge is 2.37. The molecule has 21 heavy (non-hydrogen) atoms. The van der Waals surface area contributed by atoms with Gasteiger partial charge in [0.05, 0.1) is 5.60 Å². The Kier molecular flexibility index (Phi) is 4.82. The van der Waals surface area contributed by atoms with E-state index in [0.29, 0.717) is 6.61 Å². The zero-order chi connectivity index (χ0) is 15.5. The molecular weight excluding hydrogens is 276 g/mol. The molecule has 118 valence electrons. The normalized spacial score (nSPS) is 27.6. The van der Waals surface area contributed by atoms with Crippen molar-refractivity contribution in [3.05, 3.63) is 0 Å². The molecule has 2 unspecified atom stereocenters. The van der Waals surface area contributed by atoms with Crippen LogP contribution in [0.15, 0.2) is 5.16 Å². The van der Waals surface area contributed by atoms with E-state index in [4.69, 9.17) is 14.7 Å². The molecule has 1 fully saturated rings. The number of aliphatic carboxylic acids is 1. The molecule has 1 amide bonds. The molecule has 0 aliphatic carbocycles. The van der Waals surface area contributed by atoms with Gasteiger partial charge in [0.1, 0.15) is 0 Å². The highest BCUT2D eigenvalue weighted by molar-refractivity contribution is 6.36. The maximum absolute atomic E-state index is 12.1.